The Bertz CT molecular complexity index is 804. The van der Waals surface area contributed by atoms with Gasteiger partial charge in [-0.2, -0.15) is 0 Å². The first-order valence-corrected chi connectivity index (χ1v) is 11.0. The number of thiophene rings is 1. The summed E-state index contributed by atoms with van der Waals surface area (Å²) in [6, 6.07) is 10.7. The van der Waals surface area contributed by atoms with Gasteiger partial charge in [0.25, 0.3) is 5.91 Å². The lowest BCUT2D eigenvalue weighted by Crippen LogP contribution is -2.61. The Morgan fingerprint density at radius 2 is 2.03 bits per heavy atom. The van der Waals surface area contributed by atoms with Crippen LogP contribution in [0.25, 0.3) is 0 Å². The predicted molar refractivity (Wildman–Crippen MR) is 112 cm³/mol. The molecule has 2 aliphatic heterocycles. The van der Waals surface area contributed by atoms with E-state index in [1.54, 1.807) is 11.3 Å². The zero-order valence-electron chi connectivity index (χ0n) is 16.8. The number of likely N-dealkylation sites (tertiary alicyclic amines) is 1. The molecule has 2 aliphatic rings. The van der Waals surface area contributed by atoms with E-state index in [-0.39, 0.29) is 17.3 Å². The highest BCUT2D eigenvalue weighted by atomic mass is 32.1. The normalized spacial score (nSPS) is 22.6. The summed E-state index contributed by atoms with van der Waals surface area (Å²) in [7, 11) is 2.06. The van der Waals surface area contributed by atoms with Gasteiger partial charge in [0.1, 0.15) is 11.9 Å². The highest BCUT2D eigenvalue weighted by Crippen LogP contribution is 2.32. The molecule has 1 spiro atoms. The molecule has 3 heterocycles. The fourth-order valence-electron chi connectivity index (χ4n) is 4.30. The van der Waals surface area contributed by atoms with Crippen LogP contribution >= 0.6 is 11.3 Å². The van der Waals surface area contributed by atoms with Gasteiger partial charge >= 0.3 is 0 Å². The van der Waals surface area contributed by atoms with Crippen LogP contribution in [0.15, 0.2) is 41.8 Å². The Morgan fingerprint density at radius 3 is 2.72 bits per heavy atom. The molecular weight excluding hydrogens is 389 g/mol. The Hall–Kier alpha value is -1.80. The summed E-state index contributed by atoms with van der Waals surface area (Å²) in [6.07, 6.45) is 1.36. The number of carbonyl (C=O) groups excluding carboxylic acids is 1. The highest BCUT2D eigenvalue weighted by Gasteiger charge is 2.43. The molecule has 2 fully saturated rings. The smallest absolute Gasteiger partial charge is 0.250 e. The molecule has 29 heavy (non-hydrogen) atoms. The lowest BCUT2D eigenvalue weighted by molar-refractivity contribution is -0.182. The van der Waals surface area contributed by atoms with Crippen LogP contribution < -0.4 is 5.32 Å². The number of ether oxygens (including phenoxy) is 1. The number of rotatable bonds is 5. The van der Waals surface area contributed by atoms with Crippen molar-refractivity contribution in [3.05, 3.63) is 58.0 Å². The largest absolute Gasteiger partial charge is 0.359 e. The van der Waals surface area contributed by atoms with Crippen molar-refractivity contribution in [2.75, 3.05) is 33.2 Å². The van der Waals surface area contributed by atoms with Crippen LogP contribution in [-0.4, -0.2) is 60.6 Å². The quantitative estimate of drug-likeness (QED) is 0.813. The predicted octanol–water partition coefficient (Wildman–Crippen LogP) is 2.87. The number of benzene rings is 1. The Balaban J connectivity index is 1.31. The molecule has 0 saturated carbocycles. The molecule has 7 heteroatoms. The average molecular weight is 418 g/mol. The van der Waals surface area contributed by atoms with Crippen molar-refractivity contribution >= 4 is 17.2 Å². The van der Waals surface area contributed by atoms with Crippen molar-refractivity contribution in [2.24, 2.45) is 0 Å². The van der Waals surface area contributed by atoms with Crippen LogP contribution in [0.3, 0.4) is 0 Å². The molecule has 5 nitrogen and oxygen atoms in total. The first-order chi connectivity index (χ1) is 14.0. The van der Waals surface area contributed by atoms with Crippen molar-refractivity contribution in [2.45, 2.75) is 37.6 Å². The van der Waals surface area contributed by atoms with Crippen molar-refractivity contribution in [1.82, 2.24) is 15.1 Å². The molecule has 4 rings (SSSR count). The van der Waals surface area contributed by atoms with Crippen molar-refractivity contribution in [3.8, 4) is 0 Å². The lowest BCUT2D eigenvalue weighted by Gasteiger charge is -2.48. The van der Waals surface area contributed by atoms with Gasteiger partial charge in [0, 0.05) is 37.6 Å². The van der Waals surface area contributed by atoms with E-state index in [9.17, 15) is 9.18 Å². The molecule has 2 saturated heterocycles. The second-order valence-electron chi connectivity index (χ2n) is 8.19. The number of likely N-dealkylation sites (N-methyl/N-ethyl adjacent to an activating group) is 1. The maximum absolute atomic E-state index is 13.1. The van der Waals surface area contributed by atoms with E-state index in [4.69, 9.17) is 4.74 Å². The summed E-state index contributed by atoms with van der Waals surface area (Å²) < 4.78 is 19.5. The molecule has 0 aliphatic carbocycles. The summed E-state index contributed by atoms with van der Waals surface area (Å²) in [5.41, 5.74) is 0.854. The molecule has 0 bridgehead atoms. The number of morpholine rings is 1. The number of nitrogens with one attached hydrogen (secondary N) is 1. The summed E-state index contributed by atoms with van der Waals surface area (Å²) in [5.74, 6) is -0.230. The van der Waals surface area contributed by atoms with Gasteiger partial charge < -0.3 is 15.0 Å². The summed E-state index contributed by atoms with van der Waals surface area (Å²) in [4.78, 5) is 18.4. The third-order valence-corrected chi connectivity index (χ3v) is 6.70. The van der Waals surface area contributed by atoms with Crippen molar-refractivity contribution < 1.29 is 13.9 Å². The second-order valence-corrected chi connectivity index (χ2v) is 9.22. The number of amides is 1. The van der Waals surface area contributed by atoms with E-state index in [0.29, 0.717) is 13.1 Å². The number of hydrogen-bond donors (Lipinski definition) is 1. The first kappa shape index (κ1) is 20.5. The summed E-state index contributed by atoms with van der Waals surface area (Å²) in [6.45, 7) is 4.67. The minimum Gasteiger partial charge on any atom is -0.359 e. The molecule has 1 aromatic carbocycles. The fraction of sp³-hybridized carbons (Fsp3) is 0.500. The van der Waals surface area contributed by atoms with Gasteiger partial charge in [0.05, 0.1) is 12.1 Å². The van der Waals surface area contributed by atoms with E-state index < -0.39 is 6.10 Å². The maximum Gasteiger partial charge on any atom is 0.250 e. The molecule has 0 radical (unpaired) electrons. The van der Waals surface area contributed by atoms with E-state index >= 15 is 0 Å². The minimum atomic E-state index is -0.433. The molecule has 156 valence electrons. The standard InChI is InChI=1S/C22H28FN3O2S/c1-25-15-20(21(27)24-13-19-3-2-12-29-19)28-22(16-25)8-10-26(11-9-22)14-17-4-6-18(23)7-5-17/h2-7,12,20H,8-11,13-16H2,1H3,(H,24,27). The Kier molecular flexibility index (Phi) is 6.29. The van der Waals surface area contributed by atoms with Crippen LogP contribution in [0.4, 0.5) is 4.39 Å². The molecule has 1 atom stereocenters. The van der Waals surface area contributed by atoms with Gasteiger partial charge in [-0.1, -0.05) is 18.2 Å². The van der Waals surface area contributed by atoms with Crippen LogP contribution in [0.2, 0.25) is 0 Å². The van der Waals surface area contributed by atoms with Gasteiger partial charge in [-0.15, -0.1) is 11.3 Å². The summed E-state index contributed by atoms with van der Waals surface area (Å²) in [5, 5.41) is 5.04. The minimum absolute atomic E-state index is 0.0296. The molecule has 1 amide bonds. The molecule has 1 aromatic heterocycles. The molecule has 1 N–H and O–H groups in total. The van der Waals surface area contributed by atoms with Gasteiger partial charge in [-0.05, 0) is 49.0 Å². The van der Waals surface area contributed by atoms with Crippen LogP contribution in [0.5, 0.6) is 0 Å². The molecule has 2 aromatic rings. The summed E-state index contributed by atoms with van der Waals surface area (Å²) >= 11 is 1.64. The SMILES string of the molecule is CN1CC(C(=O)NCc2cccs2)OC2(CCN(Cc3ccc(F)cc3)CC2)C1. The number of piperidine rings is 1. The zero-order chi connectivity index (χ0) is 20.3. The van der Waals surface area contributed by atoms with E-state index in [1.807, 2.05) is 29.6 Å². The van der Waals surface area contributed by atoms with E-state index in [0.717, 1.165) is 49.5 Å². The van der Waals surface area contributed by atoms with Crippen LogP contribution in [0.1, 0.15) is 23.3 Å². The third-order valence-electron chi connectivity index (χ3n) is 5.82. The highest BCUT2D eigenvalue weighted by molar-refractivity contribution is 7.09. The topological polar surface area (TPSA) is 44.8 Å². The van der Waals surface area contributed by atoms with Crippen LogP contribution in [-0.2, 0) is 22.6 Å². The van der Waals surface area contributed by atoms with E-state index in [2.05, 4.69) is 22.2 Å². The number of hydrogen-bond acceptors (Lipinski definition) is 5. The second kappa shape index (κ2) is 8.92. The van der Waals surface area contributed by atoms with Gasteiger partial charge in [0.15, 0.2) is 0 Å². The van der Waals surface area contributed by atoms with Crippen molar-refractivity contribution in [3.63, 3.8) is 0 Å². The van der Waals surface area contributed by atoms with Gasteiger partial charge in [-0.3, -0.25) is 9.69 Å². The molecule has 1 unspecified atom stereocenters. The number of nitrogens with zero attached hydrogens (tertiary/aromatic N) is 2. The number of halogens is 1. The third kappa shape index (κ3) is 5.22. The Morgan fingerprint density at radius 1 is 1.28 bits per heavy atom. The maximum atomic E-state index is 13.1. The van der Waals surface area contributed by atoms with E-state index in [1.165, 1.54) is 12.1 Å². The number of carbonyl (C=O) groups is 1. The monoisotopic (exact) mass is 417 g/mol. The fourth-order valence-corrected chi connectivity index (χ4v) is 4.94. The average Bonchev–Trinajstić information content (AvgIpc) is 3.23. The van der Waals surface area contributed by atoms with Gasteiger partial charge in [0.2, 0.25) is 0 Å². The van der Waals surface area contributed by atoms with Crippen molar-refractivity contribution in [1.29, 1.82) is 0 Å². The molecular formula is C22H28FN3O2S. The van der Waals surface area contributed by atoms with Crippen LogP contribution in [0, 0.1) is 5.82 Å². The first-order valence-electron chi connectivity index (χ1n) is 10.1. The lowest BCUT2D eigenvalue weighted by atomic mass is 9.88. The van der Waals surface area contributed by atoms with Gasteiger partial charge in [-0.25, -0.2) is 4.39 Å². The zero-order valence-corrected chi connectivity index (χ0v) is 17.6. The Labute approximate surface area is 175 Å².